The Labute approximate surface area is 67.0 Å². The minimum Gasteiger partial charge on any atom is -0.467 e. The van der Waals surface area contributed by atoms with Gasteiger partial charge in [-0.1, -0.05) is 11.6 Å². The van der Waals surface area contributed by atoms with Crippen LogP contribution in [0.2, 0.25) is 0 Å². The van der Waals surface area contributed by atoms with Gasteiger partial charge in [-0.2, -0.15) is 0 Å². The van der Waals surface area contributed by atoms with Crippen LogP contribution in [0.3, 0.4) is 0 Å². The van der Waals surface area contributed by atoms with Crippen molar-refractivity contribution in [1.82, 2.24) is 0 Å². The monoisotopic (exact) mass is 158 g/mol. The molecule has 64 valence electrons. The summed E-state index contributed by atoms with van der Waals surface area (Å²) in [7, 11) is 1.34. The number of rotatable bonds is 4. The molecule has 0 heterocycles. The average molecular weight is 158 g/mol. The summed E-state index contributed by atoms with van der Waals surface area (Å²) in [6.45, 7) is 4.39. The van der Waals surface area contributed by atoms with E-state index >= 15 is 0 Å². The predicted octanol–water partition coefficient (Wildman–Crippen LogP) is 1.14. The second-order valence-electron chi connectivity index (χ2n) is 2.20. The van der Waals surface area contributed by atoms with E-state index in [0.717, 1.165) is 5.57 Å². The van der Waals surface area contributed by atoms with E-state index in [1.54, 1.807) is 0 Å². The molecule has 0 amide bonds. The van der Waals surface area contributed by atoms with Gasteiger partial charge in [-0.25, -0.2) is 4.79 Å². The Bertz CT molecular complexity index is 149. The third kappa shape index (κ3) is 5.61. The van der Waals surface area contributed by atoms with Gasteiger partial charge in [0.2, 0.25) is 0 Å². The van der Waals surface area contributed by atoms with Gasteiger partial charge in [0.15, 0.2) is 0 Å². The highest BCUT2D eigenvalue weighted by atomic mass is 16.6. The molecule has 0 aliphatic heterocycles. The quantitative estimate of drug-likeness (QED) is 0.454. The normalized spacial score (nSPS) is 11.4. The molecule has 0 aliphatic rings. The van der Waals surface area contributed by atoms with Gasteiger partial charge >= 0.3 is 5.97 Å². The average Bonchev–Trinajstić information content (AvgIpc) is 2.04. The van der Waals surface area contributed by atoms with Crippen LogP contribution in [-0.4, -0.2) is 26.3 Å². The SMILES string of the molecule is C/C=C(/C)COCC(=O)OC. The van der Waals surface area contributed by atoms with Gasteiger partial charge in [-0.15, -0.1) is 0 Å². The second kappa shape index (κ2) is 5.92. The van der Waals surface area contributed by atoms with E-state index in [4.69, 9.17) is 4.74 Å². The number of esters is 1. The van der Waals surface area contributed by atoms with E-state index in [0.29, 0.717) is 6.61 Å². The Balaban J connectivity index is 3.35. The van der Waals surface area contributed by atoms with E-state index in [9.17, 15) is 4.79 Å². The Hall–Kier alpha value is -0.830. The fraction of sp³-hybridized carbons (Fsp3) is 0.625. The summed E-state index contributed by atoms with van der Waals surface area (Å²) >= 11 is 0. The molecule has 0 radical (unpaired) electrons. The lowest BCUT2D eigenvalue weighted by Crippen LogP contribution is -2.11. The number of hydrogen-bond donors (Lipinski definition) is 0. The molecule has 3 heteroatoms. The van der Waals surface area contributed by atoms with Crippen molar-refractivity contribution in [1.29, 1.82) is 0 Å². The number of hydrogen-bond acceptors (Lipinski definition) is 3. The molecule has 0 aromatic heterocycles. The Morgan fingerprint density at radius 2 is 2.09 bits per heavy atom. The molecule has 0 spiro atoms. The summed E-state index contributed by atoms with van der Waals surface area (Å²) in [5.41, 5.74) is 1.11. The third-order valence-corrected chi connectivity index (χ3v) is 1.27. The van der Waals surface area contributed by atoms with Crippen LogP contribution in [0.4, 0.5) is 0 Å². The molecule has 0 aromatic rings. The molecule has 0 rings (SSSR count). The van der Waals surface area contributed by atoms with Crippen molar-refractivity contribution in [2.45, 2.75) is 13.8 Å². The lowest BCUT2D eigenvalue weighted by atomic mass is 10.3. The number of allylic oxidation sites excluding steroid dienone is 1. The lowest BCUT2D eigenvalue weighted by molar-refractivity contribution is -0.145. The molecule has 11 heavy (non-hydrogen) atoms. The first-order valence-corrected chi connectivity index (χ1v) is 3.47. The van der Waals surface area contributed by atoms with E-state index in [2.05, 4.69) is 4.74 Å². The highest BCUT2D eigenvalue weighted by Crippen LogP contribution is 1.92. The lowest BCUT2D eigenvalue weighted by Gasteiger charge is -2.01. The number of carbonyl (C=O) groups is 1. The van der Waals surface area contributed by atoms with Crippen molar-refractivity contribution in [2.75, 3.05) is 20.3 Å². The van der Waals surface area contributed by atoms with Gasteiger partial charge in [-0.3, -0.25) is 0 Å². The smallest absolute Gasteiger partial charge is 0.331 e. The molecule has 0 saturated carbocycles. The molecule has 3 nitrogen and oxygen atoms in total. The van der Waals surface area contributed by atoms with Gasteiger partial charge < -0.3 is 9.47 Å². The fourth-order valence-corrected chi connectivity index (χ4v) is 0.438. The van der Waals surface area contributed by atoms with Crippen LogP contribution >= 0.6 is 0 Å². The van der Waals surface area contributed by atoms with Gasteiger partial charge in [0, 0.05) is 0 Å². The Morgan fingerprint density at radius 1 is 1.45 bits per heavy atom. The van der Waals surface area contributed by atoms with Crippen molar-refractivity contribution in [3.05, 3.63) is 11.6 Å². The summed E-state index contributed by atoms with van der Waals surface area (Å²) in [6.07, 6.45) is 1.94. The van der Waals surface area contributed by atoms with Crippen molar-refractivity contribution >= 4 is 5.97 Å². The zero-order valence-corrected chi connectivity index (χ0v) is 7.22. The first-order chi connectivity index (χ1) is 5.20. The minimum atomic E-state index is -0.339. The Morgan fingerprint density at radius 3 is 2.55 bits per heavy atom. The van der Waals surface area contributed by atoms with Crippen molar-refractivity contribution in [3.8, 4) is 0 Å². The van der Waals surface area contributed by atoms with E-state index in [1.807, 2.05) is 19.9 Å². The highest BCUT2D eigenvalue weighted by molar-refractivity contribution is 5.70. The zero-order valence-electron chi connectivity index (χ0n) is 7.22. The molecule has 0 fully saturated rings. The largest absolute Gasteiger partial charge is 0.467 e. The standard InChI is InChI=1S/C8H14O3/c1-4-7(2)5-11-6-8(9)10-3/h4H,5-6H2,1-3H3/b7-4-. The van der Waals surface area contributed by atoms with Gasteiger partial charge in [-0.05, 0) is 13.8 Å². The molecule has 0 unspecified atom stereocenters. The topological polar surface area (TPSA) is 35.5 Å². The number of methoxy groups -OCH3 is 1. The third-order valence-electron chi connectivity index (χ3n) is 1.27. The number of carbonyl (C=O) groups excluding carboxylic acids is 1. The van der Waals surface area contributed by atoms with Gasteiger partial charge in [0.05, 0.1) is 13.7 Å². The van der Waals surface area contributed by atoms with Gasteiger partial charge in [0.1, 0.15) is 6.61 Å². The maximum Gasteiger partial charge on any atom is 0.331 e. The van der Waals surface area contributed by atoms with E-state index < -0.39 is 0 Å². The first-order valence-electron chi connectivity index (χ1n) is 3.47. The summed E-state index contributed by atoms with van der Waals surface area (Å²) in [5, 5.41) is 0. The summed E-state index contributed by atoms with van der Waals surface area (Å²) in [6, 6.07) is 0. The molecule has 0 N–H and O–H groups in total. The maximum absolute atomic E-state index is 10.5. The molecule has 0 aromatic carbocycles. The fourth-order valence-electron chi connectivity index (χ4n) is 0.438. The van der Waals surface area contributed by atoms with E-state index in [1.165, 1.54) is 7.11 Å². The highest BCUT2D eigenvalue weighted by Gasteiger charge is 1.98. The van der Waals surface area contributed by atoms with E-state index in [-0.39, 0.29) is 12.6 Å². The summed E-state index contributed by atoms with van der Waals surface area (Å²) in [5.74, 6) is -0.339. The van der Waals surface area contributed by atoms with Crippen molar-refractivity contribution in [2.24, 2.45) is 0 Å². The summed E-state index contributed by atoms with van der Waals surface area (Å²) in [4.78, 5) is 10.5. The van der Waals surface area contributed by atoms with Crippen LogP contribution in [0.1, 0.15) is 13.8 Å². The van der Waals surface area contributed by atoms with Gasteiger partial charge in [0.25, 0.3) is 0 Å². The zero-order chi connectivity index (χ0) is 8.69. The molecule has 0 bridgehead atoms. The number of ether oxygens (including phenoxy) is 2. The first kappa shape index (κ1) is 10.2. The van der Waals surface area contributed by atoms with Crippen molar-refractivity contribution in [3.63, 3.8) is 0 Å². The minimum absolute atomic E-state index is 0.0294. The van der Waals surface area contributed by atoms with Crippen LogP contribution in [-0.2, 0) is 14.3 Å². The van der Waals surface area contributed by atoms with Crippen LogP contribution in [0, 0.1) is 0 Å². The molecular weight excluding hydrogens is 144 g/mol. The molecule has 0 saturated heterocycles. The van der Waals surface area contributed by atoms with Crippen LogP contribution in [0.5, 0.6) is 0 Å². The summed E-state index contributed by atoms with van der Waals surface area (Å²) < 4.78 is 9.38. The molecule has 0 atom stereocenters. The predicted molar refractivity (Wildman–Crippen MR) is 42.3 cm³/mol. The second-order valence-corrected chi connectivity index (χ2v) is 2.20. The Kier molecular flexibility index (Phi) is 5.47. The molecular formula is C8H14O3. The maximum atomic E-state index is 10.5. The van der Waals surface area contributed by atoms with Crippen LogP contribution in [0.25, 0.3) is 0 Å². The molecule has 0 aliphatic carbocycles. The van der Waals surface area contributed by atoms with Crippen molar-refractivity contribution < 1.29 is 14.3 Å². The van der Waals surface area contributed by atoms with Crippen LogP contribution < -0.4 is 0 Å². The van der Waals surface area contributed by atoms with Crippen LogP contribution in [0.15, 0.2) is 11.6 Å².